The molecule has 0 radical (unpaired) electrons. The van der Waals surface area contributed by atoms with E-state index in [4.69, 9.17) is 10.7 Å². The number of anilines is 2. The van der Waals surface area contributed by atoms with Gasteiger partial charge in [0.05, 0.1) is 16.9 Å². The SMILES string of the molecule is Nc1cccc(CNC2=Nc3ccccc3NC23CCSCC3)c1. The molecule has 24 heavy (non-hydrogen) atoms. The molecular weight excluding hydrogens is 316 g/mol. The monoisotopic (exact) mass is 338 g/mol. The summed E-state index contributed by atoms with van der Waals surface area (Å²) in [7, 11) is 0. The van der Waals surface area contributed by atoms with Crippen molar-refractivity contribution in [3.63, 3.8) is 0 Å². The molecule has 0 aromatic heterocycles. The van der Waals surface area contributed by atoms with Crippen LogP contribution in [-0.4, -0.2) is 22.9 Å². The Morgan fingerprint density at radius 2 is 1.96 bits per heavy atom. The summed E-state index contributed by atoms with van der Waals surface area (Å²) in [5.74, 6) is 3.38. The van der Waals surface area contributed by atoms with Crippen LogP contribution < -0.4 is 16.4 Å². The third-order valence-electron chi connectivity index (χ3n) is 4.72. The molecule has 0 unspecified atom stereocenters. The van der Waals surface area contributed by atoms with Crippen LogP contribution in [-0.2, 0) is 6.54 Å². The number of benzene rings is 2. The number of para-hydroxylation sites is 2. The first kappa shape index (κ1) is 15.4. The van der Waals surface area contributed by atoms with Crippen LogP contribution in [0.5, 0.6) is 0 Å². The van der Waals surface area contributed by atoms with Crippen molar-refractivity contribution < 1.29 is 0 Å². The summed E-state index contributed by atoms with van der Waals surface area (Å²) in [6, 6.07) is 16.3. The van der Waals surface area contributed by atoms with Crippen molar-refractivity contribution in [3.05, 3.63) is 54.1 Å². The van der Waals surface area contributed by atoms with Gasteiger partial charge in [-0.3, -0.25) is 0 Å². The molecule has 2 aromatic carbocycles. The van der Waals surface area contributed by atoms with Crippen LogP contribution in [0.1, 0.15) is 18.4 Å². The maximum absolute atomic E-state index is 5.89. The van der Waals surface area contributed by atoms with Gasteiger partial charge in [-0.05, 0) is 54.2 Å². The van der Waals surface area contributed by atoms with E-state index in [1.807, 2.05) is 36.0 Å². The zero-order valence-corrected chi connectivity index (χ0v) is 14.4. The third-order valence-corrected chi connectivity index (χ3v) is 5.71. The molecule has 0 aliphatic carbocycles. The molecule has 4 N–H and O–H groups in total. The fraction of sp³-hybridized carbons (Fsp3) is 0.316. The number of aliphatic imine (C=N–C) groups is 1. The molecule has 2 aliphatic heterocycles. The smallest absolute Gasteiger partial charge is 0.128 e. The summed E-state index contributed by atoms with van der Waals surface area (Å²) in [6.07, 6.45) is 2.18. The number of nitrogen functional groups attached to an aromatic ring is 1. The Bertz CT molecular complexity index is 765. The van der Waals surface area contributed by atoms with Crippen LogP contribution in [0.4, 0.5) is 17.1 Å². The lowest BCUT2D eigenvalue weighted by molar-refractivity contribution is 0.543. The van der Waals surface area contributed by atoms with E-state index in [1.54, 1.807) is 0 Å². The van der Waals surface area contributed by atoms with Gasteiger partial charge in [0.15, 0.2) is 0 Å². The Kier molecular flexibility index (Phi) is 4.10. The largest absolute Gasteiger partial charge is 0.399 e. The Labute approximate surface area is 146 Å². The molecule has 0 saturated carbocycles. The fourth-order valence-corrected chi connectivity index (χ4v) is 4.59. The number of thioether (sulfide) groups is 1. The maximum Gasteiger partial charge on any atom is 0.128 e. The van der Waals surface area contributed by atoms with Gasteiger partial charge in [0.2, 0.25) is 0 Å². The van der Waals surface area contributed by atoms with Gasteiger partial charge in [-0.1, -0.05) is 24.3 Å². The van der Waals surface area contributed by atoms with Gasteiger partial charge in [-0.2, -0.15) is 11.8 Å². The molecule has 124 valence electrons. The summed E-state index contributed by atoms with van der Waals surface area (Å²) < 4.78 is 0. The van der Waals surface area contributed by atoms with Crippen molar-refractivity contribution in [3.8, 4) is 0 Å². The molecule has 0 bridgehead atoms. The van der Waals surface area contributed by atoms with Crippen molar-refractivity contribution in [2.45, 2.75) is 24.9 Å². The topological polar surface area (TPSA) is 62.4 Å². The summed E-state index contributed by atoms with van der Waals surface area (Å²) in [6.45, 7) is 0.739. The highest BCUT2D eigenvalue weighted by Gasteiger charge is 2.40. The Morgan fingerprint density at radius 1 is 1.12 bits per heavy atom. The minimum Gasteiger partial charge on any atom is -0.399 e. The van der Waals surface area contributed by atoms with E-state index in [2.05, 4.69) is 34.9 Å². The van der Waals surface area contributed by atoms with Crippen molar-refractivity contribution in [1.82, 2.24) is 5.32 Å². The molecule has 0 atom stereocenters. The summed E-state index contributed by atoms with van der Waals surface area (Å²) in [5, 5.41) is 7.37. The minimum absolute atomic E-state index is 0.0695. The number of nitrogens with two attached hydrogens (primary N) is 1. The highest BCUT2D eigenvalue weighted by Crippen LogP contribution is 2.39. The molecular formula is C19H22N4S. The molecule has 2 heterocycles. The van der Waals surface area contributed by atoms with E-state index in [1.165, 1.54) is 5.56 Å². The van der Waals surface area contributed by atoms with Gasteiger partial charge < -0.3 is 16.4 Å². The normalized spacial score (nSPS) is 18.4. The van der Waals surface area contributed by atoms with Crippen LogP contribution in [0.15, 0.2) is 53.5 Å². The maximum atomic E-state index is 5.89. The first-order chi connectivity index (χ1) is 11.8. The lowest BCUT2D eigenvalue weighted by atomic mass is 9.88. The number of hydrogen-bond acceptors (Lipinski definition) is 5. The lowest BCUT2D eigenvalue weighted by Gasteiger charge is -2.42. The fourth-order valence-electron chi connectivity index (χ4n) is 3.40. The van der Waals surface area contributed by atoms with E-state index in [0.717, 1.165) is 53.8 Å². The zero-order chi connectivity index (χ0) is 16.4. The number of fused-ring (bicyclic) bond motifs is 1. The molecule has 5 heteroatoms. The molecule has 1 saturated heterocycles. The number of amidine groups is 1. The molecule has 4 nitrogen and oxygen atoms in total. The van der Waals surface area contributed by atoms with Gasteiger partial charge >= 0.3 is 0 Å². The molecule has 2 aliphatic rings. The second-order valence-electron chi connectivity index (χ2n) is 6.40. The molecule has 0 amide bonds. The number of rotatable bonds is 2. The predicted octanol–water partition coefficient (Wildman–Crippen LogP) is 3.78. The first-order valence-electron chi connectivity index (χ1n) is 8.38. The van der Waals surface area contributed by atoms with Crippen molar-refractivity contribution in [1.29, 1.82) is 0 Å². The molecule has 4 rings (SSSR count). The van der Waals surface area contributed by atoms with Crippen molar-refractivity contribution in [2.24, 2.45) is 4.99 Å². The van der Waals surface area contributed by atoms with E-state index >= 15 is 0 Å². The Morgan fingerprint density at radius 3 is 2.79 bits per heavy atom. The highest BCUT2D eigenvalue weighted by atomic mass is 32.2. The van der Waals surface area contributed by atoms with Crippen molar-refractivity contribution >= 4 is 34.7 Å². The predicted molar refractivity (Wildman–Crippen MR) is 104 cm³/mol. The van der Waals surface area contributed by atoms with Gasteiger partial charge in [-0.15, -0.1) is 0 Å². The zero-order valence-electron chi connectivity index (χ0n) is 13.6. The Balaban J connectivity index is 1.63. The van der Waals surface area contributed by atoms with Crippen LogP contribution in [0, 0.1) is 0 Å². The average molecular weight is 338 g/mol. The minimum atomic E-state index is -0.0695. The second-order valence-corrected chi connectivity index (χ2v) is 7.62. The van der Waals surface area contributed by atoms with Crippen LogP contribution in [0.2, 0.25) is 0 Å². The van der Waals surface area contributed by atoms with Gasteiger partial charge in [-0.25, -0.2) is 4.99 Å². The van der Waals surface area contributed by atoms with E-state index in [0.29, 0.717) is 0 Å². The van der Waals surface area contributed by atoms with Gasteiger partial charge in [0.25, 0.3) is 0 Å². The molecule has 1 fully saturated rings. The van der Waals surface area contributed by atoms with Gasteiger partial charge in [0.1, 0.15) is 5.84 Å². The van der Waals surface area contributed by atoms with Crippen molar-refractivity contribution in [2.75, 3.05) is 22.6 Å². The van der Waals surface area contributed by atoms with Gasteiger partial charge in [0, 0.05) is 12.2 Å². The van der Waals surface area contributed by atoms with Crippen LogP contribution in [0.25, 0.3) is 0 Å². The standard InChI is InChI=1S/C19H22N4S/c20-15-5-3-4-14(12-15)13-21-18-19(8-10-24-11-9-19)23-17-7-2-1-6-16(17)22-18/h1-7,12,23H,8-11,13,20H2,(H,21,22). The number of nitrogens with zero attached hydrogens (tertiary/aromatic N) is 1. The first-order valence-corrected chi connectivity index (χ1v) is 9.53. The average Bonchev–Trinajstić information content (AvgIpc) is 2.61. The molecule has 1 spiro atoms. The third kappa shape index (κ3) is 2.96. The van der Waals surface area contributed by atoms with E-state index in [9.17, 15) is 0 Å². The van der Waals surface area contributed by atoms with Crippen LogP contribution in [0.3, 0.4) is 0 Å². The van der Waals surface area contributed by atoms with Crippen LogP contribution >= 0.6 is 11.8 Å². The second kappa shape index (κ2) is 6.40. The molecule has 2 aromatic rings. The summed E-state index contributed by atoms with van der Waals surface area (Å²) >= 11 is 2.02. The quantitative estimate of drug-likeness (QED) is 0.729. The van der Waals surface area contributed by atoms with E-state index < -0.39 is 0 Å². The summed E-state index contributed by atoms with van der Waals surface area (Å²) in [4.78, 5) is 4.96. The highest BCUT2D eigenvalue weighted by molar-refractivity contribution is 7.99. The lowest BCUT2D eigenvalue weighted by Crippen LogP contribution is -2.55. The number of nitrogens with one attached hydrogen (secondary N) is 2. The Hall–Kier alpha value is -2.14. The number of hydrogen-bond donors (Lipinski definition) is 3. The summed E-state index contributed by atoms with van der Waals surface area (Å²) in [5.41, 5.74) is 9.95. The van der Waals surface area contributed by atoms with E-state index in [-0.39, 0.29) is 5.54 Å².